The molecule has 0 fully saturated rings. The lowest BCUT2D eigenvalue weighted by Gasteiger charge is -2.27. The number of nitrogens with zero attached hydrogens (tertiary/aromatic N) is 1. The minimum absolute atomic E-state index is 0.0521. The van der Waals surface area contributed by atoms with E-state index in [9.17, 15) is 9.59 Å². The van der Waals surface area contributed by atoms with Crippen molar-refractivity contribution in [2.24, 2.45) is 5.73 Å². The Kier molecular flexibility index (Phi) is 43.3. The lowest BCUT2D eigenvalue weighted by Crippen LogP contribution is -2.49. The zero-order valence-corrected chi connectivity index (χ0v) is 32.3. The Morgan fingerprint density at radius 1 is 0.438 bits per heavy atom. The molecule has 0 aliphatic carbocycles. The van der Waals surface area contributed by atoms with E-state index in [0.29, 0.717) is 19.3 Å². The first-order chi connectivity index (χ1) is 23.0. The van der Waals surface area contributed by atoms with Gasteiger partial charge in [-0.3, -0.25) is 24.1 Å². The van der Waals surface area contributed by atoms with Gasteiger partial charge in [-0.1, -0.05) is 181 Å². The van der Waals surface area contributed by atoms with Crippen molar-refractivity contribution in [3.8, 4) is 0 Å². The summed E-state index contributed by atoms with van der Waals surface area (Å²) in [6, 6.07) is 0. The Bertz CT molecular complexity index is 669. The maximum atomic E-state index is 13.0. The number of nitrogens with two attached hydrogens (primary N) is 1. The topological polar surface area (TPSA) is 138 Å². The van der Waals surface area contributed by atoms with E-state index in [4.69, 9.17) is 25.5 Å². The quantitative estimate of drug-likeness (QED) is 0.0488. The molecule has 0 radical (unpaired) electrons. The SMILES string of the molecule is CC(=O)O.CC(=O)O.CCCCCCCCCCCCCCCC(=O)N(C(=O)CCCCCCCCCCCCCCC)C(N)CCC. The molecule has 8 heteroatoms. The predicted octanol–water partition coefficient (Wildman–Crippen LogP) is 11.6. The Hall–Kier alpha value is -1.96. The Morgan fingerprint density at radius 2 is 0.646 bits per heavy atom. The third-order valence-corrected chi connectivity index (χ3v) is 8.44. The number of aliphatic carboxylic acids is 2. The van der Waals surface area contributed by atoms with E-state index in [1.165, 1.54) is 146 Å². The van der Waals surface area contributed by atoms with Gasteiger partial charge in [0.05, 0.1) is 6.17 Å². The average Bonchev–Trinajstić information content (AvgIpc) is 3.01. The molecule has 48 heavy (non-hydrogen) atoms. The average molecular weight is 685 g/mol. The molecule has 286 valence electrons. The highest BCUT2D eigenvalue weighted by atomic mass is 16.4. The number of carboxylic acid groups (broad SMARTS) is 2. The van der Waals surface area contributed by atoms with Gasteiger partial charge < -0.3 is 15.9 Å². The van der Waals surface area contributed by atoms with Crippen molar-refractivity contribution >= 4 is 23.8 Å². The van der Waals surface area contributed by atoms with Crippen LogP contribution in [0.3, 0.4) is 0 Å². The molecule has 0 aromatic carbocycles. The molecule has 0 aliphatic rings. The van der Waals surface area contributed by atoms with Crippen molar-refractivity contribution < 1.29 is 29.4 Å². The zero-order valence-electron chi connectivity index (χ0n) is 32.3. The lowest BCUT2D eigenvalue weighted by atomic mass is 10.0. The van der Waals surface area contributed by atoms with E-state index >= 15 is 0 Å². The summed E-state index contributed by atoms with van der Waals surface area (Å²) in [6.07, 6.45) is 35.5. The molecule has 0 aromatic heterocycles. The number of unbranched alkanes of at least 4 members (excludes halogenated alkanes) is 24. The van der Waals surface area contributed by atoms with Gasteiger partial charge in [0.25, 0.3) is 11.9 Å². The molecular weight excluding hydrogens is 604 g/mol. The number of rotatable bonds is 31. The largest absolute Gasteiger partial charge is 0.481 e. The van der Waals surface area contributed by atoms with Crippen molar-refractivity contribution in [1.29, 1.82) is 0 Å². The molecule has 1 atom stereocenters. The van der Waals surface area contributed by atoms with Gasteiger partial charge in [0.15, 0.2) is 0 Å². The molecule has 1 unspecified atom stereocenters. The Balaban J connectivity index is -0.00000226. The zero-order chi connectivity index (χ0) is 36.7. The standard InChI is InChI=1S/C36H72N2O2.2C2H4O2/c1-4-7-9-11-13-15-17-19-21-23-25-27-29-32-35(39)38(34(37)31-6-3)36(40)33-30-28-26-24-22-20-18-16-14-12-10-8-5-2;2*1-2(3)4/h34H,4-33,37H2,1-3H3;2*1H3,(H,3,4). The second kappa shape index (κ2) is 41.2. The molecule has 0 bridgehead atoms. The van der Waals surface area contributed by atoms with E-state index in [2.05, 4.69) is 20.8 Å². The summed E-state index contributed by atoms with van der Waals surface area (Å²) in [5, 5.41) is 14.8. The molecule has 0 spiro atoms. The molecule has 0 heterocycles. The minimum atomic E-state index is -0.833. The van der Waals surface area contributed by atoms with Gasteiger partial charge in [0.2, 0.25) is 11.8 Å². The van der Waals surface area contributed by atoms with Crippen LogP contribution in [0.4, 0.5) is 0 Å². The van der Waals surface area contributed by atoms with Gasteiger partial charge in [-0.05, 0) is 19.3 Å². The van der Waals surface area contributed by atoms with Crippen LogP contribution in [0.1, 0.15) is 227 Å². The normalized spacial score (nSPS) is 11.1. The van der Waals surface area contributed by atoms with Crippen LogP contribution >= 0.6 is 0 Å². The second-order valence-corrected chi connectivity index (χ2v) is 13.5. The molecule has 8 nitrogen and oxygen atoms in total. The third kappa shape index (κ3) is 44.0. The highest BCUT2D eigenvalue weighted by molar-refractivity contribution is 5.95. The summed E-state index contributed by atoms with van der Waals surface area (Å²) in [7, 11) is 0. The first-order valence-electron chi connectivity index (χ1n) is 20.0. The first kappa shape index (κ1) is 50.4. The van der Waals surface area contributed by atoms with Gasteiger partial charge in [-0.25, -0.2) is 0 Å². The molecule has 0 rings (SSSR count). The fourth-order valence-electron chi connectivity index (χ4n) is 5.76. The summed E-state index contributed by atoms with van der Waals surface area (Å²) < 4.78 is 0. The number of amides is 2. The summed E-state index contributed by atoms with van der Waals surface area (Å²) in [6.45, 7) is 8.77. The van der Waals surface area contributed by atoms with Crippen molar-refractivity contribution in [2.75, 3.05) is 0 Å². The number of hydrogen-bond donors (Lipinski definition) is 3. The number of carboxylic acids is 2. The van der Waals surface area contributed by atoms with E-state index in [1.54, 1.807) is 0 Å². The smallest absolute Gasteiger partial charge is 0.300 e. The fraction of sp³-hybridized carbons (Fsp3) is 0.900. The van der Waals surface area contributed by atoms with Gasteiger partial charge in [0, 0.05) is 26.7 Å². The van der Waals surface area contributed by atoms with Crippen LogP contribution in [0.15, 0.2) is 0 Å². The van der Waals surface area contributed by atoms with E-state index in [0.717, 1.165) is 46.0 Å². The monoisotopic (exact) mass is 685 g/mol. The van der Waals surface area contributed by atoms with Crippen LogP contribution in [-0.4, -0.2) is 45.0 Å². The highest BCUT2D eigenvalue weighted by Gasteiger charge is 2.25. The van der Waals surface area contributed by atoms with E-state index in [1.807, 2.05) is 0 Å². The van der Waals surface area contributed by atoms with Crippen LogP contribution in [0.2, 0.25) is 0 Å². The van der Waals surface area contributed by atoms with Crippen LogP contribution < -0.4 is 5.73 Å². The molecular formula is C40H80N2O6. The highest BCUT2D eigenvalue weighted by Crippen LogP contribution is 2.17. The fourth-order valence-corrected chi connectivity index (χ4v) is 5.76. The number of carbonyl (C=O) groups excluding carboxylic acids is 2. The molecule has 0 aromatic rings. The van der Waals surface area contributed by atoms with Crippen LogP contribution in [0, 0.1) is 0 Å². The Morgan fingerprint density at radius 3 is 0.854 bits per heavy atom. The van der Waals surface area contributed by atoms with Crippen LogP contribution in [0.5, 0.6) is 0 Å². The summed E-state index contributed by atoms with van der Waals surface area (Å²) in [5.74, 6) is -1.77. The predicted molar refractivity (Wildman–Crippen MR) is 202 cm³/mol. The van der Waals surface area contributed by atoms with Crippen molar-refractivity contribution in [3.63, 3.8) is 0 Å². The summed E-state index contributed by atoms with van der Waals surface area (Å²) >= 11 is 0. The number of hydrogen-bond acceptors (Lipinski definition) is 5. The van der Waals surface area contributed by atoms with Gasteiger partial charge in [0.1, 0.15) is 0 Å². The van der Waals surface area contributed by atoms with E-state index < -0.39 is 18.1 Å². The molecule has 2 amide bonds. The van der Waals surface area contributed by atoms with Gasteiger partial charge >= 0.3 is 0 Å². The maximum Gasteiger partial charge on any atom is 0.300 e. The minimum Gasteiger partial charge on any atom is -0.481 e. The molecule has 0 saturated heterocycles. The van der Waals surface area contributed by atoms with Crippen molar-refractivity contribution in [2.45, 2.75) is 233 Å². The number of imide groups is 1. The summed E-state index contributed by atoms with van der Waals surface area (Å²) in [4.78, 5) is 45.3. The van der Waals surface area contributed by atoms with E-state index in [-0.39, 0.29) is 11.8 Å². The second-order valence-electron chi connectivity index (χ2n) is 13.5. The van der Waals surface area contributed by atoms with Gasteiger partial charge in [-0.15, -0.1) is 0 Å². The molecule has 0 aliphatic heterocycles. The van der Waals surface area contributed by atoms with Gasteiger partial charge in [-0.2, -0.15) is 0 Å². The first-order valence-corrected chi connectivity index (χ1v) is 20.0. The molecule has 0 saturated carbocycles. The molecule has 4 N–H and O–H groups in total. The Labute approximate surface area is 296 Å². The van der Waals surface area contributed by atoms with Crippen molar-refractivity contribution in [1.82, 2.24) is 4.90 Å². The summed E-state index contributed by atoms with van der Waals surface area (Å²) in [5.41, 5.74) is 6.30. The van der Waals surface area contributed by atoms with Crippen molar-refractivity contribution in [3.05, 3.63) is 0 Å². The third-order valence-electron chi connectivity index (χ3n) is 8.44. The van der Waals surface area contributed by atoms with Crippen LogP contribution in [0.25, 0.3) is 0 Å². The lowest BCUT2D eigenvalue weighted by molar-refractivity contribution is -0.148. The van der Waals surface area contributed by atoms with Crippen LogP contribution in [-0.2, 0) is 19.2 Å². The number of carbonyl (C=O) groups is 4. The maximum absolute atomic E-state index is 13.0.